The summed E-state index contributed by atoms with van der Waals surface area (Å²) in [6.45, 7) is 0.897. The molecule has 4 aliphatic rings. The topological polar surface area (TPSA) is 147 Å². The van der Waals surface area contributed by atoms with Gasteiger partial charge in [0.2, 0.25) is 10.0 Å². The molecule has 3 saturated heterocycles. The summed E-state index contributed by atoms with van der Waals surface area (Å²) in [4.78, 5) is 29.4. The van der Waals surface area contributed by atoms with Crippen molar-refractivity contribution in [2.75, 3.05) is 26.2 Å². The molecule has 4 heterocycles. The van der Waals surface area contributed by atoms with E-state index in [1.54, 1.807) is 0 Å². The molecule has 0 radical (unpaired) electrons. The summed E-state index contributed by atoms with van der Waals surface area (Å²) in [7, 11) is -4.62. The molecule has 1 N–H and O–H groups in total. The van der Waals surface area contributed by atoms with Gasteiger partial charge in [-0.05, 0) is 93.9 Å². The van der Waals surface area contributed by atoms with Crippen molar-refractivity contribution in [2.24, 2.45) is 11.8 Å². The summed E-state index contributed by atoms with van der Waals surface area (Å²) in [5.74, 6) is -2.64. The maximum Gasteiger partial charge on any atom is 0.387 e. The van der Waals surface area contributed by atoms with Crippen molar-refractivity contribution in [3.63, 3.8) is 0 Å². The molecule has 8 rings (SSSR count). The summed E-state index contributed by atoms with van der Waals surface area (Å²) in [5, 5.41) is 12.0. The van der Waals surface area contributed by atoms with Gasteiger partial charge in [-0.25, -0.2) is 22.4 Å². The number of hydrogen-bond donors (Lipinski definition) is 1. The van der Waals surface area contributed by atoms with Gasteiger partial charge in [0.25, 0.3) is 0 Å². The normalized spacial score (nSPS) is 20.8. The number of sulfonamides is 1. The molecule has 4 fully saturated rings. The second-order valence-electron chi connectivity index (χ2n) is 14.4. The zero-order valence-electron chi connectivity index (χ0n) is 30.3. The molecule has 0 amide bonds. The van der Waals surface area contributed by atoms with E-state index in [0.29, 0.717) is 16.8 Å². The number of rotatable bonds is 15. The lowest BCUT2D eigenvalue weighted by molar-refractivity contribution is -0.605. The van der Waals surface area contributed by atoms with Crippen LogP contribution in [0.1, 0.15) is 65.7 Å². The summed E-state index contributed by atoms with van der Waals surface area (Å²) < 4.78 is 94.9. The fraction of sp³-hybridized carbons (Fsp3) is 0.375. The molecule has 0 spiro atoms. The minimum absolute atomic E-state index is 0.0117. The molecular weight excluding hydrogens is 756 g/mol. The first-order valence-corrected chi connectivity index (χ1v) is 19.7. The number of carbonyl (C=O) groups excluding carboxylic acids is 2. The van der Waals surface area contributed by atoms with Gasteiger partial charge in [0.1, 0.15) is 18.0 Å². The maximum atomic E-state index is 15.1. The van der Waals surface area contributed by atoms with Gasteiger partial charge in [-0.1, -0.05) is 30.3 Å². The van der Waals surface area contributed by atoms with Crippen molar-refractivity contribution in [1.82, 2.24) is 9.62 Å². The average Bonchev–Trinajstić information content (AvgIpc) is 4.02. The quantitative estimate of drug-likeness (QED) is 0.0913. The number of aromatic nitrogens is 1. The lowest BCUT2D eigenvalue weighted by Gasteiger charge is -2.44. The first kappa shape index (κ1) is 39.1. The molecule has 1 aromatic heterocycles. The SMILES string of the molecule is C[C@](OC(=O)c1cccc(S(=O)(=O)NC(C(=O)O[C@H]2CN3CCC2CC3)c2ccccc2F)c1)(c1cc[n+]([O-])cc1)c1ccc(OC(F)F)c(OCC2CC2)c1. The molecule has 3 aliphatic heterocycles. The fourth-order valence-corrected chi connectivity index (χ4v) is 8.29. The van der Waals surface area contributed by atoms with Crippen LogP contribution in [0.3, 0.4) is 0 Å². The van der Waals surface area contributed by atoms with Crippen LogP contribution in [0.2, 0.25) is 0 Å². The minimum atomic E-state index is -4.62. The number of esters is 2. The van der Waals surface area contributed by atoms with Gasteiger partial charge >= 0.3 is 18.6 Å². The lowest BCUT2D eigenvalue weighted by Crippen LogP contribution is -2.52. The van der Waals surface area contributed by atoms with E-state index in [1.165, 1.54) is 86.0 Å². The third-order valence-corrected chi connectivity index (χ3v) is 11.9. The molecule has 56 heavy (non-hydrogen) atoms. The Morgan fingerprint density at radius 2 is 1.68 bits per heavy atom. The molecule has 4 aromatic rings. The van der Waals surface area contributed by atoms with E-state index < -0.39 is 57.0 Å². The molecule has 16 heteroatoms. The van der Waals surface area contributed by atoms with E-state index >= 15 is 4.39 Å². The molecule has 1 aliphatic carbocycles. The maximum absolute atomic E-state index is 15.1. The predicted molar refractivity (Wildman–Crippen MR) is 194 cm³/mol. The number of benzene rings is 3. The smallest absolute Gasteiger partial charge is 0.387 e. The Morgan fingerprint density at radius 3 is 2.34 bits per heavy atom. The number of pyridine rings is 1. The molecule has 12 nitrogen and oxygen atoms in total. The molecule has 3 aromatic carbocycles. The lowest BCUT2D eigenvalue weighted by atomic mass is 9.86. The number of nitrogens with one attached hydrogen (secondary N) is 1. The Hall–Kier alpha value is -5.19. The van der Waals surface area contributed by atoms with Gasteiger partial charge in [-0.2, -0.15) is 18.2 Å². The summed E-state index contributed by atoms with van der Waals surface area (Å²) >= 11 is 0. The van der Waals surface area contributed by atoms with Crippen LogP contribution in [0.5, 0.6) is 11.5 Å². The highest BCUT2D eigenvalue weighted by Crippen LogP contribution is 2.41. The third-order valence-electron chi connectivity index (χ3n) is 10.5. The number of ether oxygens (including phenoxy) is 4. The minimum Gasteiger partial charge on any atom is -0.619 e. The van der Waals surface area contributed by atoms with Crippen molar-refractivity contribution in [3.05, 3.63) is 125 Å². The summed E-state index contributed by atoms with van der Waals surface area (Å²) in [5.41, 5.74) is -1.56. The van der Waals surface area contributed by atoms with E-state index in [9.17, 15) is 32.0 Å². The summed E-state index contributed by atoms with van der Waals surface area (Å²) in [6, 6.07) is 15.3. The van der Waals surface area contributed by atoms with E-state index in [0.717, 1.165) is 50.9 Å². The van der Waals surface area contributed by atoms with Crippen LogP contribution in [0.25, 0.3) is 0 Å². The number of fused-ring (bicyclic) bond motifs is 3. The monoisotopic (exact) mass is 795 g/mol. The van der Waals surface area contributed by atoms with E-state index in [2.05, 4.69) is 14.4 Å². The second-order valence-corrected chi connectivity index (χ2v) is 16.1. The Kier molecular flexibility index (Phi) is 11.2. The van der Waals surface area contributed by atoms with Crippen LogP contribution >= 0.6 is 0 Å². The van der Waals surface area contributed by atoms with E-state index in [1.807, 2.05) is 0 Å². The van der Waals surface area contributed by atoms with Crippen LogP contribution < -0.4 is 18.9 Å². The van der Waals surface area contributed by atoms with Crippen molar-refractivity contribution in [3.8, 4) is 11.5 Å². The molecule has 1 saturated carbocycles. The van der Waals surface area contributed by atoms with Gasteiger partial charge in [0.15, 0.2) is 29.5 Å². The third kappa shape index (κ3) is 8.77. The summed E-state index contributed by atoms with van der Waals surface area (Å²) in [6.07, 6.45) is 5.40. The Bertz CT molecular complexity index is 2180. The van der Waals surface area contributed by atoms with Gasteiger partial charge in [-0.15, -0.1) is 0 Å². The van der Waals surface area contributed by atoms with Gasteiger partial charge in [0.05, 0.1) is 17.1 Å². The standard InChI is InChI=1S/C40H40F3N3O9S/c1-40(28-15-19-46(49)20-16-28,29-11-12-33(54-39(42)43)34(22-29)52-24-25-9-10-25)55-37(47)27-5-4-6-30(21-27)56(50,51)44-36(31-7-2-3-8-32(31)41)38(48)53-35-23-45-17-13-26(35)14-18-45/h2-8,11-12,15-16,19-22,25-26,35-36,39,44H,9-10,13-14,17-18,23-24H2,1H3/t35-,36?,40-/m0/s1. The van der Waals surface area contributed by atoms with Crippen LogP contribution in [-0.4, -0.2) is 64.2 Å². The first-order valence-electron chi connectivity index (χ1n) is 18.2. The van der Waals surface area contributed by atoms with Crippen LogP contribution in [0.4, 0.5) is 13.2 Å². The Labute approximate surface area is 321 Å². The molecule has 3 atom stereocenters. The molecule has 2 bridgehead atoms. The van der Waals surface area contributed by atoms with Crippen molar-refractivity contribution < 1.29 is 54.9 Å². The average molecular weight is 796 g/mol. The number of hydrogen-bond acceptors (Lipinski definition) is 10. The number of nitrogens with zero attached hydrogens (tertiary/aromatic N) is 2. The van der Waals surface area contributed by atoms with Crippen molar-refractivity contribution in [2.45, 2.75) is 61.9 Å². The van der Waals surface area contributed by atoms with Gasteiger partial charge in [-0.3, -0.25) is 4.90 Å². The van der Waals surface area contributed by atoms with Crippen molar-refractivity contribution in [1.29, 1.82) is 0 Å². The highest BCUT2D eigenvalue weighted by atomic mass is 32.2. The van der Waals surface area contributed by atoms with Crippen LogP contribution in [-0.2, 0) is 29.9 Å². The zero-order valence-corrected chi connectivity index (χ0v) is 31.1. The molecule has 296 valence electrons. The van der Waals surface area contributed by atoms with Crippen LogP contribution in [0, 0.1) is 22.9 Å². The first-order chi connectivity index (χ1) is 26.8. The van der Waals surface area contributed by atoms with Crippen LogP contribution in [0.15, 0.2) is 96.2 Å². The predicted octanol–water partition coefficient (Wildman–Crippen LogP) is 5.63. The Morgan fingerprint density at radius 1 is 0.946 bits per heavy atom. The zero-order chi connectivity index (χ0) is 39.6. The highest BCUT2D eigenvalue weighted by Gasteiger charge is 2.40. The molecular formula is C40H40F3N3O9S. The van der Waals surface area contributed by atoms with Gasteiger partial charge in [0, 0.05) is 35.4 Å². The Balaban J connectivity index is 1.17. The number of piperidine rings is 3. The number of halogens is 3. The number of carbonyl (C=O) groups is 2. The highest BCUT2D eigenvalue weighted by molar-refractivity contribution is 7.89. The van der Waals surface area contributed by atoms with E-state index in [4.69, 9.17) is 14.2 Å². The van der Waals surface area contributed by atoms with Crippen molar-refractivity contribution >= 4 is 22.0 Å². The van der Waals surface area contributed by atoms with Gasteiger partial charge < -0.3 is 24.2 Å². The number of alkyl halides is 2. The van der Waals surface area contributed by atoms with E-state index in [-0.39, 0.29) is 46.6 Å². The fourth-order valence-electron chi connectivity index (χ4n) is 7.09. The molecule has 1 unspecified atom stereocenters. The second kappa shape index (κ2) is 16.1. The largest absolute Gasteiger partial charge is 0.619 e.